The number of aromatic hydroxyl groups is 1. The lowest BCUT2D eigenvalue weighted by atomic mass is 9.78. The van der Waals surface area contributed by atoms with Crippen molar-refractivity contribution in [3.63, 3.8) is 0 Å². The highest BCUT2D eigenvalue weighted by molar-refractivity contribution is 8.16. The van der Waals surface area contributed by atoms with Crippen molar-refractivity contribution in [2.45, 2.75) is 49.9 Å². The molecule has 2 aliphatic rings. The fraction of sp³-hybridized carbons (Fsp3) is 0.625. The molecular weight excluding hydrogens is 315 g/mol. The number of thioether (sulfide) groups is 2. The Morgan fingerprint density at radius 1 is 1.09 bits per heavy atom. The Kier molecular flexibility index (Phi) is 4.49. The molecule has 22 heavy (non-hydrogen) atoms. The van der Waals surface area contributed by atoms with Crippen molar-refractivity contribution in [2.75, 3.05) is 11.5 Å². The predicted molar refractivity (Wildman–Crippen MR) is 96.1 cm³/mol. The number of benzene rings is 1. The molecule has 1 aromatic carbocycles. The average molecular weight is 338 g/mol. The van der Waals surface area contributed by atoms with Gasteiger partial charge in [0.2, 0.25) is 0 Å². The number of rotatable bonds is 2. The fourth-order valence-electron chi connectivity index (χ4n) is 2.55. The van der Waals surface area contributed by atoms with Crippen LogP contribution in [0.4, 0.5) is 0 Å². The molecule has 0 atom stereocenters. The Hall–Kier alpha value is -0.295. The van der Waals surface area contributed by atoms with Crippen LogP contribution >= 0.6 is 23.5 Å². The maximum Gasteiger partial charge on any atom is 0.494 e. The normalized spacial score (nSPS) is 24.6. The summed E-state index contributed by atoms with van der Waals surface area (Å²) in [5.41, 5.74) is 1.29. The van der Waals surface area contributed by atoms with E-state index >= 15 is 0 Å². The maximum atomic E-state index is 10.2. The second kappa shape index (κ2) is 5.97. The first-order chi connectivity index (χ1) is 10.3. The monoisotopic (exact) mass is 338 g/mol. The highest BCUT2D eigenvalue weighted by atomic mass is 32.2. The quantitative estimate of drug-likeness (QED) is 0.835. The van der Waals surface area contributed by atoms with E-state index in [1.807, 2.05) is 35.7 Å². The standard InChI is InChI=1S/C16H23BO3S2/c1-15(2)16(3,4)20-17(19-15)11-6-7-13(18)12(10-11)14-21-8-5-9-22-14/h6-7,10,14,18H,5,8-9H2,1-4H3. The van der Waals surface area contributed by atoms with E-state index in [-0.39, 0.29) is 18.3 Å². The predicted octanol–water partition coefficient (Wildman–Crippen LogP) is 3.56. The van der Waals surface area contributed by atoms with Crippen LogP contribution in [0.15, 0.2) is 18.2 Å². The SMILES string of the molecule is CC1(C)OB(c2ccc(O)c(C3SCCCS3)c2)OC1(C)C. The summed E-state index contributed by atoms with van der Waals surface area (Å²) in [4.78, 5) is 0. The summed E-state index contributed by atoms with van der Waals surface area (Å²) in [5, 5.41) is 10.2. The third kappa shape index (κ3) is 3.03. The fourth-order valence-corrected chi connectivity index (χ4v) is 5.49. The molecule has 2 fully saturated rings. The molecule has 2 heterocycles. The topological polar surface area (TPSA) is 38.7 Å². The Labute approximate surface area is 141 Å². The van der Waals surface area contributed by atoms with Crippen LogP contribution in [0.2, 0.25) is 0 Å². The van der Waals surface area contributed by atoms with E-state index < -0.39 is 0 Å². The third-order valence-corrected chi connectivity index (χ3v) is 7.64. The lowest BCUT2D eigenvalue weighted by molar-refractivity contribution is 0.00578. The summed E-state index contributed by atoms with van der Waals surface area (Å²) in [7, 11) is -0.372. The molecule has 0 bridgehead atoms. The molecule has 0 saturated carbocycles. The molecule has 6 heteroatoms. The lowest BCUT2D eigenvalue weighted by Crippen LogP contribution is -2.41. The Balaban J connectivity index is 1.87. The lowest BCUT2D eigenvalue weighted by Gasteiger charge is -2.32. The van der Waals surface area contributed by atoms with Crippen molar-refractivity contribution < 1.29 is 14.4 Å². The van der Waals surface area contributed by atoms with Crippen LogP contribution in [0.3, 0.4) is 0 Å². The molecule has 0 unspecified atom stereocenters. The van der Waals surface area contributed by atoms with Crippen LogP contribution in [0, 0.1) is 0 Å². The average Bonchev–Trinajstić information content (AvgIpc) is 2.69. The van der Waals surface area contributed by atoms with Crippen LogP contribution < -0.4 is 5.46 Å². The molecule has 0 spiro atoms. The van der Waals surface area contributed by atoms with Crippen LogP contribution in [-0.4, -0.2) is 34.9 Å². The highest BCUT2D eigenvalue weighted by Gasteiger charge is 2.51. The van der Waals surface area contributed by atoms with Gasteiger partial charge in [0, 0.05) is 5.56 Å². The summed E-state index contributed by atoms with van der Waals surface area (Å²) in [6.45, 7) is 8.23. The van der Waals surface area contributed by atoms with Gasteiger partial charge in [-0.3, -0.25) is 0 Å². The highest BCUT2D eigenvalue weighted by Crippen LogP contribution is 2.46. The van der Waals surface area contributed by atoms with Crippen molar-refractivity contribution in [1.29, 1.82) is 0 Å². The first-order valence-electron chi connectivity index (χ1n) is 7.72. The first-order valence-corrected chi connectivity index (χ1v) is 9.81. The van der Waals surface area contributed by atoms with Crippen molar-refractivity contribution in [2.24, 2.45) is 0 Å². The van der Waals surface area contributed by atoms with Crippen molar-refractivity contribution >= 4 is 36.1 Å². The summed E-state index contributed by atoms with van der Waals surface area (Å²) in [5.74, 6) is 2.67. The molecule has 0 radical (unpaired) electrons. The van der Waals surface area contributed by atoms with Gasteiger partial charge in [-0.2, -0.15) is 0 Å². The van der Waals surface area contributed by atoms with Gasteiger partial charge in [0.1, 0.15) is 5.75 Å². The minimum Gasteiger partial charge on any atom is -0.508 e. The minimum absolute atomic E-state index is 0.302. The van der Waals surface area contributed by atoms with Crippen LogP contribution in [0.25, 0.3) is 0 Å². The molecule has 2 saturated heterocycles. The van der Waals surface area contributed by atoms with Gasteiger partial charge < -0.3 is 14.4 Å². The van der Waals surface area contributed by atoms with Crippen LogP contribution in [0.1, 0.15) is 44.3 Å². The number of hydrogen-bond acceptors (Lipinski definition) is 5. The van der Waals surface area contributed by atoms with E-state index in [1.54, 1.807) is 6.07 Å². The molecule has 1 aromatic rings. The number of hydrogen-bond donors (Lipinski definition) is 1. The van der Waals surface area contributed by atoms with Gasteiger partial charge in [0.15, 0.2) is 0 Å². The zero-order chi connectivity index (χ0) is 16.0. The van der Waals surface area contributed by atoms with Crippen molar-refractivity contribution in [1.82, 2.24) is 0 Å². The first kappa shape index (κ1) is 16.6. The van der Waals surface area contributed by atoms with Gasteiger partial charge in [0.05, 0.1) is 15.8 Å². The van der Waals surface area contributed by atoms with E-state index in [0.717, 1.165) is 22.5 Å². The van der Waals surface area contributed by atoms with Crippen LogP contribution in [-0.2, 0) is 9.31 Å². The van der Waals surface area contributed by atoms with Crippen molar-refractivity contribution in [3.05, 3.63) is 23.8 Å². The Morgan fingerprint density at radius 2 is 1.68 bits per heavy atom. The van der Waals surface area contributed by atoms with E-state index in [0.29, 0.717) is 10.3 Å². The van der Waals surface area contributed by atoms with Crippen LogP contribution in [0.5, 0.6) is 5.75 Å². The molecule has 2 aliphatic heterocycles. The van der Waals surface area contributed by atoms with Crippen molar-refractivity contribution in [3.8, 4) is 5.75 Å². The molecule has 0 amide bonds. The second-order valence-corrected chi connectivity index (χ2v) is 9.56. The maximum absolute atomic E-state index is 10.2. The molecule has 0 aromatic heterocycles. The smallest absolute Gasteiger partial charge is 0.494 e. The number of phenolic OH excluding ortho intramolecular Hbond substituents is 1. The van der Waals surface area contributed by atoms with E-state index in [9.17, 15) is 5.11 Å². The molecule has 3 rings (SSSR count). The summed E-state index contributed by atoms with van der Waals surface area (Å²) >= 11 is 3.81. The van der Waals surface area contributed by atoms with Gasteiger partial charge in [-0.25, -0.2) is 0 Å². The van der Waals surface area contributed by atoms with Gasteiger partial charge in [-0.05, 0) is 57.2 Å². The number of phenols is 1. The molecule has 120 valence electrons. The molecular formula is C16H23BO3S2. The largest absolute Gasteiger partial charge is 0.508 e. The zero-order valence-electron chi connectivity index (χ0n) is 13.6. The third-order valence-electron chi connectivity index (χ3n) is 4.66. The van der Waals surface area contributed by atoms with Gasteiger partial charge in [0.25, 0.3) is 0 Å². The molecule has 3 nitrogen and oxygen atoms in total. The molecule has 0 aliphatic carbocycles. The summed E-state index contributed by atoms with van der Waals surface area (Å²) in [6, 6.07) is 5.72. The van der Waals surface area contributed by atoms with E-state index in [4.69, 9.17) is 9.31 Å². The Bertz CT molecular complexity index is 540. The molecule has 1 N–H and O–H groups in total. The van der Waals surface area contributed by atoms with E-state index in [2.05, 4.69) is 27.7 Å². The summed E-state index contributed by atoms with van der Waals surface area (Å²) in [6.07, 6.45) is 1.24. The van der Waals surface area contributed by atoms with E-state index in [1.165, 1.54) is 6.42 Å². The van der Waals surface area contributed by atoms with Gasteiger partial charge in [-0.15, -0.1) is 23.5 Å². The minimum atomic E-state index is -0.372. The Morgan fingerprint density at radius 3 is 2.27 bits per heavy atom. The van der Waals surface area contributed by atoms with Gasteiger partial charge >= 0.3 is 7.12 Å². The van der Waals surface area contributed by atoms with Gasteiger partial charge in [-0.1, -0.05) is 12.1 Å². The second-order valence-electron chi connectivity index (χ2n) is 6.83. The zero-order valence-corrected chi connectivity index (χ0v) is 15.2. The summed E-state index contributed by atoms with van der Waals surface area (Å²) < 4.78 is 12.5.